The van der Waals surface area contributed by atoms with Crippen molar-refractivity contribution in [3.63, 3.8) is 0 Å². The van der Waals surface area contributed by atoms with E-state index in [9.17, 15) is 4.79 Å². The number of nitrogens with two attached hydrogens (primary N) is 1. The first-order valence-electron chi connectivity index (χ1n) is 6.83. The molecule has 0 spiro atoms. The van der Waals surface area contributed by atoms with Gasteiger partial charge in [0.15, 0.2) is 0 Å². The molecule has 1 aliphatic rings. The number of ether oxygens (including phenoxy) is 2. The number of nitrogens with one attached hydrogen (secondary N) is 1. The zero-order valence-corrected chi connectivity index (χ0v) is 11.3. The summed E-state index contributed by atoms with van der Waals surface area (Å²) in [7, 11) is 1.70. The Labute approximate surface area is 109 Å². The van der Waals surface area contributed by atoms with E-state index >= 15 is 0 Å². The topological polar surface area (TPSA) is 73.6 Å². The lowest BCUT2D eigenvalue weighted by Gasteiger charge is -2.27. The van der Waals surface area contributed by atoms with Gasteiger partial charge in [0.2, 0.25) is 5.91 Å². The molecule has 3 N–H and O–H groups in total. The van der Waals surface area contributed by atoms with E-state index in [0.717, 1.165) is 58.5 Å². The molecule has 0 bridgehead atoms. The van der Waals surface area contributed by atoms with E-state index in [4.69, 9.17) is 15.2 Å². The largest absolute Gasteiger partial charge is 0.385 e. The molecular formula is C13H26N2O3. The van der Waals surface area contributed by atoms with Crippen LogP contribution in [0.5, 0.6) is 0 Å². The Kier molecular flexibility index (Phi) is 7.96. The number of carbonyl (C=O) groups excluding carboxylic acids is 1. The molecule has 1 aliphatic carbocycles. The molecule has 0 atom stereocenters. The van der Waals surface area contributed by atoms with Gasteiger partial charge in [-0.25, -0.2) is 0 Å². The number of hydrogen-bond donors (Lipinski definition) is 2. The van der Waals surface area contributed by atoms with Crippen LogP contribution in [-0.2, 0) is 14.3 Å². The van der Waals surface area contributed by atoms with Gasteiger partial charge in [-0.1, -0.05) is 0 Å². The lowest BCUT2D eigenvalue weighted by atomic mass is 9.85. The van der Waals surface area contributed by atoms with Crippen molar-refractivity contribution in [2.75, 3.05) is 33.5 Å². The molecule has 0 unspecified atom stereocenters. The van der Waals surface area contributed by atoms with Crippen LogP contribution >= 0.6 is 0 Å². The summed E-state index contributed by atoms with van der Waals surface area (Å²) in [5.74, 6) is -0.0525. The zero-order valence-electron chi connectivity index (χ0n) is 11.3. The minimum absolute atomic E-state index is 0.0911. The summed E-state index contributed by atoms with van der Waals surface area (Å²) in [5, 5.41) is 3.46. The highest BCUT2D eigenvalue weighted by molar-refractivity contribution is 5.76. The van der Waals surface area contributed by atoms with Gasteiger partial charge in [-0.3, -0.25) is 4.79 Å². The zero-order chi connectivity index (χ0) is 13.2. The molecule has 1 fully saturated rings. The predicted octanol–water partition coefficient (Wildman–Crippen LogP) is 0.673. The smallest absolute Gasteiger partial charge is 0.220 e. The highest BCUT2D eigenvalue weighted by atomic mass is 16.5. The maximum atomic E-state index is 11.0. The second-order valence-electron chi connectivity index (χ2n) is 4.86. The fourth-order valence-electron chi connectivity index (χ4n) is 2.32. The molecule has 0 saturated heterocycles. The molecule has 0 radical (unpaired) electrons. The van der Waals surface area contributed by atoms with Gasteiger partial charge in [-0.15, -0.1) is 0 Å². The predicted molar refractivity (Wildman–Crippen MR) is 70.3 cm³/mol. The van der Waals surface area contributed by atoms with Crippen molar-refractivity contribution >= 4 is 5.91 Å². The van der Waals surface area contributed by atoms with Crippen LogP contribution in [-0.4, -0.2) is 45.4 Å². The van der Waals surface area contributed by atoms with Crippen LogP contribution in [0.15, 0.2) is 0 Å². The van der Waals surface area contributed by atoms with E-state index in [-0.39, 0.29) is 11.8 Å². The molecule has 1 saturated carbocycles. The Morgan fingerprint density at radius 1 is 1.22 bits per heavy atom. The normalized spacial score (nSPS) is 24.1. The minimum atomic E-state index is -0.144. The standard InChI is InChI=1S/C13H26N2O3/c1-17-8-2-9-18-10-7-15-12-5-3-11(4-6-12)13(14)16/h11-12,15H,2-10H2,1H3,(H2,14,16). The molecule has 0 heterocycles. The van der Waals surface area contributed by atoms with Crippen molar-refractivity contribution in [2.24, 2.45) is 11.7 Å². The summed E-state index contributed by atoms with van der Waals surface area (Å²) < 4.78 is 10.4. The van der Waals surface area contributed by atoms with Gasteiger partial charge in [0.1, 0.15) is 0 Å². The molecule has 0 aliphatic heterocycles. The third-order valence-corrected chi connectivity index (χ3v) is 3.45. The molecule has 106 valence electrons. The van der Waals surface area contributed by atoms with E-state index in [0.29, 0.717) is 6.04 Å². The summed E-state index contributed by atoms with van der Waals surface area (Å²) in [4.78, 5) is 11.0. The van der Waals surface area contributed by atoms with Gasteiger partial charge in [-0.2, -0.15) is 0 Å². The van der Waals surface area contributed by atoms with Gasteiger partial charge >= 0.3 is 0 Å². The molecule has 5 heteroatoms. The van der Waals surface area contributed by atoms with E-state index in [1.165, 1.54) is 0 Å². The Hall–Kier alpha value is -0.650. The van der Waals surface area contributed by atoms with Crippen molar-refractivity contribution < 1.29 is 14.3 Å². The molecule has 1 amide bonds. The van der Waals surface area contributed by atoms with Crippen LogP contribution in [0, 0.1) is 5.92 Å². The number of rotatable bonds is 9. The summed E-state index contributed by atoms with van der Waals surface area (Å²) in [6, 6.07) is 0.517. The first kappa shape index (κ1) is 15.4. The number of primary amides is 1. The number of hydrogen-bond acceptors (Lipinski definition) is 4. The van der Waals surface area contributed by atoms with Crippen LogP contribution in [0.2, 0.25) is 0 Å². The SMILES string of the molecule is COCCCOCCNC1CCC(C(N)=O)CC1. The molecule has 18 heavy (non-hydrogen) atoms. The van der Waals surface area contributed by atoms with Crippen LogP contribution in [0.1, 0.15) is 32.1 Å². The van der Waals surface area contributed by atoms with Crippen LogP contribution in [0.25, 0.3) is 0 Å². The molecule has 0 aromatic heterocycles. The van der Waals surface area contributed by atoms with Gasteiger partial charge in [-0.05, 0) is 32.1 Å². The molecule has 0 aromatic carbocycles. The lowest BCUT2D eigenvalue weighted by Crippen LogP contribution is -2.38. The van der Waals surface area contributed by atoms with E-state index in [1.54, 1.807) is 7.11 Å². The maximum absolute atomic E-state index is 11.0. The van der Waals surface area contributed by atoms with E-state index < -0.39 is 0 Å². The van der Waals surface area contributed by atoms with Crippen molar-refractivity contribution in [3.8, 4) is 0 Å². The quantitative estimate of drug-likeness (QED) is 0.596. The monoisotopic (exact) mass is 258 g/mol. The lowest BCUT2D eigenvalue weighted by molar-refractivity contribution is -0.122. The molecule has 5 nitrogen and oxygen atoms in total. The number of carbonyl (C=O) groups is 1. The summed E-state index contributed by atoms with van der Waals surface area (Å²) in [6.07, 6.45) is 4.86. The maximum Gasteiger partial charge on any atom is 0.220 e. The summed E-state index contributed by atoms with van der Waals surface area (Å²) in [5.41, 5.74) is 5.30. The van der Waals surface area contributed by atoms with Crippen LogP contribution in [0.4, 0.5) is 0 Å². The van der Waals surface area contributed by atoms with Crippen molar-refractivity contribution in [1.29, 1.82) is 0 Å². The Bertz CT molecular complexity index is 228. The fourth-order valence-corrected chi connectivity index (χ4v) is 2.32. The average molecular weight is 258 g/mol. The van der Waals surface area contributed by atoms with Gasteiger partial charge < -0.3 is 20.5 Å². The second-order valence-corrected chi connectivity index (χ2v) is 4.86. The first-order valence-corrected chi connectivity index (χ1v) is 6.83. The third kappa shape index (κ3) is 6.33. The Morgan fingerprint density at radius 2 is 1.94 bits per heavy atom. The van der Waals surface area contributed by atoms with Crippen LogP contribution in [0.3, 0.4) is 0 Å². The number of amides is 1. The highest BCUT2D eigenvalue weighted by Crippen LogP contribution is 2.23. The number of methoxy groups -OCH3 is 1. The van der Waals surface area contributed by atoms with E-state index in [1.807, 2.05) is 0 Å². The van der Waals surface area contributed by atoms with Gasteiger partial charge in [0.05, 0.1) is 6.61 Å². The third-order valence-electron chi connectivity index (χ3n) is 3.45. The summed E-state index contributed by atoms with van der Waals surface area (Å²) >= 11 is 0. The average Bonchev–Trinajstić information content (AvgIpc) is 2.38. The van der Waals surface area contributed by atoms with Crippen molar-refractivity contribution in [2.45, 2.75) is 38.1 Å². The van der Waals surface area contributed by atoms with Crippen molar-refractivity contribution in [3.05, 3.63) is 0 Å². The summed E-state index contributed by atoms with van der Waals surface area (Å²) in [6.45, 7) is 3.12. The van der Waals surface area contributed by atoms with Gasteiger partial charge in [0, 0.05) is 38.8 Å². The molecule has 0 aromatic rings. The molecule has 1 rings (SSSR count). The fraction of sp³-hybridized carbons (Fsp3) is 0.923. The van der Waals surface area contributed by atoms with Crippen molar-refractivity contribution in [1.82, 2.24) is 5.32 Å². The second kappa shape index (κ2) is 9.30. The van der Waals surface area contributed by atoms with Gasteiger partial charge in [0.25, 0.3) is 0 Å². The van der Waals surface area contributed by atoms with E-state index in [2.05, 4.69) is 5.32 Å². The molecular weight excluding hydrogens is 232 g/mol. The highest BCUT2D eigenvalue weighted by Gasteiger charge is 2.23. The van der Waals surface area contributed by atoms with Crippen LogP contribution < -0.4 is 11.1 Å². The Morgan fingerprint density at radius 3 is 2.56 bits per heavy atom. The first-order chi connectivity index (χ1) is 8.74. The Balaban J connectivity index is 1.93. The minimum Gasteiger partial charge on any atom is -0.385 e.